The summed E-state index contributed by atoms with van der Waals surface area (Å²) in [6.45, 7) is 1.42. The number of hydrogen-bond donors (Lipinski definition) is 0. The van der Waals surface area contributed by atoms with E-state index in [0.717, 1.165) is 4.31 Å². The molecule has 0 fully saturated rings. The van der Waals surface area contributed by atoms with Gasteiger partial charge in [0.1, 0.15) is 12.3 Å². The first-order valence-corrected chi connectivity index (χ1v) is 9.69. The van der Waals surface area contributed by atoms with Gasteiger partial charge in [0.05, 0.1) is 24.3 Å². The van der Waals surface area contributed by atoms with Crippen LogP contribution < -0.4 is 9.04 Å². The number of nitrogens with zero attached hydrogens (tertiary/aromatic N) is 1. The van der Waals surface area contributed by atoms with Gasteiger partial charge in [-0.3, -0.25) is 9.10 Å². The molecule has 6 nitrogen and oxygen atoms in total. The van der Waals surface area contributed by atoms with Crippen molar-refractivity contribution in [2.45, 2.75) is 11.8 Å². The molecule has 0 bridgehead atoms. The molecule has 134 valence electrons. The van der Waals surface area contributed by atoms with Crippen LogP contribution in [0, 0.1) is 0 Å². The summed E-state index contributed by atoms with van der Waals surface area (Å²) in [5.74, 6) is -0.0853. The van der Waals surface area contributed by atoms with Gasteiger partial charge in [-0.25, -0.2) is 8.42 Å². The molecule has 8 heteroatoms. The summed E-state index contributed by atoms with van der Waals surface area (Å²) in [6, 6.07) is 12.7. The van der Waals surface area contributed by atoms with Gasteiger partial charge < -0.3 is 9.47 Å². The number of carbonyl (C=O) groups excluding carboxylic acids is 1. The van der Waals surface area contributed by atoms with Crippen molar-refractivity contribution in [2.24, 2.45) is 0 Å². The van der Waals surface area contributed by atoms with Gasteiger partial charge in [-0.15, -0.1) is 0 Å². The third-order valence-electron chi connectivity index (χ3n) is 3.32. The van der Waals surface area contributed by atoms with Gasteiger partial charge in [-0.05, 0) is 49.4 Å². The van der Waals surface area contributed by atoms with E-state index < -0.39 is 22.5 Å². The molecule has 0 saturated heterocycles. The highest BCUT2D eigenvalue weighted by molar-refractivity contribution is 9.10. The standard InChI is InChI=1S/C17H18BrNO5S/c1-3-24-17(20)12-19(14-6-4-5-13(18)11-14)25(21,22)16-9-7-15(23-2)8-10-16/h4-11H,3,12H2,1-2H3. The van der Waals surface area contributed by atoms with Crippen molar-refractivity contribution in [1.82, 2.24) is 0 Å². The lowest BCUT2D eigenvalue weighted by Crippen LogP contribution is -2.36. The average molecular weight is 428 g/mol. The highest BCUT2D eigenvalue weighted by atomic mass is 79.9. The Labute approximate surface area is 155 Å². The van der Waals surface area contributed by atoms with Crippen LogP contribution in [0.2, 0.25) is 0 Å². The highest BCUT2D eigenvalue weighted by Crippen LogP contribution is 2.27. The molecule has 25 heavy (non-hydrogen) atoms. The molecule has 2 aromatic carbocycles. The molecular formula is C17H18BrNO5S. The van der Waals surface area contributed by atoms with E-state index in [-0.39, 0.29) is 11.5 Å². The molecule has 0 spiro atoms. The lowest BCUT2D eigenvalue weighted by Gasteiger charge is -2.24. The molecule has 0 aliphatic rings. The number of ether oxygens (including phenoxy) is 2. The van der Waals surface area contributed by atoms with E-state index in [0.29, 0.717) is 15.9 Å². The van der Waals surface area contributed by atoms with Crippen LogP contribution in [0.1, 0.15) is 6.92 Å². The summed E-state index contributed by atoms with van der Waals surface area (Å²) in [5.41, 5.74) is 0.359. The number of hydrogen-bond acceptors (Lipinski definition) is 5. The number of benzene rings is 2. The second kappa shape index (κ2) is 8.35. The molecule has 2 aromatic rings. The van der Waals surface area contributed by atoms with Crippen molar-refractivity contribution < 1.29 is 22.7 Å². The lowest BCUT2D eigenvalue weighted by atomic mass is 10.3. The van der Waals surface area contributed by atoms with Gasteiger partial charge in [0.25, 0.3) is 10.0 Å². The fraction of sp³-hybridized carbons (Fsp3) is 0.235. The van der Waals surface area contributed by atoms with Gasteiger partial charge in [-0.1, -0.05) is 22.0 Å². The summed E-state index contributed by atoms with van der Waals surface area (Å²) in [6.07, 6.45) is 0. The number of methoxy groups -OCH3 is 1. The zero-order valence-electron chi connectivity index (χ0n) is 13.8. The molecule has 0 amide bonds. The summed E-state index contributed by atoms with van der Waals surface area (Å²) in [4.78, 5) is 12.0. The second-order valence-electron chi connectivity index (χ2n) is 4.97. The Kier molecular flexibility index (Phi) is 6.44. The smallest absolute Gasteiger partial charge is 0.326 e. The first-order chi connectivity index (χ1) is 11.9. The van der Waals surface area contributed by atoms with Crippen LogP contribution in [0.3, 0.4) is 0 Å². The van der Waals surface area contributed by atoms with Crippen molar-refractivity contribution in [3.8, 4) is 5.75 Å². The fourth-order valence-corrected chi connectivity index (χ4v) is 3.93. The predicted molar refractivity (Wildman–Crippen MR) is 98.3 cm³/mol. The number of carbonyl (C=O) groups is 1. The quantitative estimate of drug-likeness (QED) is 0.634. The summed E-state index contributed by atoms with van der Waals surface area (Å²) in [5, 5.41) is 0. The van der Waals surface area contributed by atoms with E-state index in [1.807, 2.05) is 0 Å². The van der Waals surface area contributed by atoms with Crippen LogP contribution in [0.15, 0.2) is 57.9 Å². The minimum absolute atomic E-state index is 0.0533. The van der Waals surface area contributed by atoms with Gasteiger partial charge >= 0.3 is 5.97 Å². The Balaban J connectivity index is 2.46. The molecule has 2 rings (SSSR count). The van der Waals surface area contributed by atoms with Gasteiger partial charge in [0.15, 0.2) is 0 Å². The molecule has 0 radical (unpaired) electrons. The van der Waals surface area contributed by atoms with Gasteiger partial charge in [0, 0.05) is 4.47 Å². The summed E-state index contributed by atoms with van der Waals surface area (Å²) in [7, 11) is -2.46. The maximum Gasteiger partial charge on any atom is 0.326 e. The minimum Gasteiger partial charge on any atom is -0.497 e. The van der Waals surface area contributed by atoms with Crippen molar-refractivity contribution >= 4 is 37.6 Å². The molecule has 0 unspecified atom stereocenters. The van der Waals surface area contributed by atoms with Gasteiger partial charge in [0.2, 0.25) is 0 Å². The Hall–Kier alpha value is -2.06. The normalized spacial score (nSPS) is 11.0. The van der Waals surface area contributed by atoms with E-state index in [4.69, 9.17) is 9.47 Å². The van der Waals surface area contributed by atoms with Crippen LogP contribution in [-0.4, -0.2) is 34.6 Å². The number of rotatable bonds is 7. The van der Waals surface area contributed by atoms with E-state index in [2.05, 4.69) is 15.9 Å². The van der Waals surface area contributed by atoms with Crippen LogP contribution >= 0.6 is 15.9 Å². The van der Waals surface area contributed by atoms with E-state index in [1.165, 1.54) is 19.2 Å². The summed E-state index contributed by atoms with van der Waals surface area (Å²) < 4.78 is 37.8. The first kappa shape index (κ1) is 19.3. The lowest BCUT2D eigenvalue weighted by molar-refractivity contribution is -0.141. The van der Waals surface area contributed by atoms with E-state index in [9.17, 15) is 13.2 Å². The van der Waals surface area contributed by atoms with E-state index in [1.54, 1.807) is 43.3 Å². The Morgan fingerprint density at radius 1 is 1.16 bits per heavy atom. The fourth-order valence-electron chi connectivity index (χ4n) is 2.15. The predicted octanol–water partition coefficient (Wildman–Crippen LogP) is 3.22. The minimum atomic E-state index is -3.95. The topological polar surface area (TPSA) is 72.9 Å². The van der Waals surface area contributed by atoms with Crippen molar-refractivity contribution in [1.29, 1.82) is 0 Å². The third-order valence-corrected chi connectivity index (χ3v) is 5.60. The van der Waals surface area contributed by atoms with E-state index >= 15 is 0 Å². The van der Waals surface area contributed by atoms with Crippen molar-refractivity contribution in [3.63, 3.8) is 0 Å². The van der Waals surface area contributed by atoms with Crippen molar-refractivity contribution in [3.05, 3.63) is 53.0 Å². The molecule has 0 aliphatic heterocycles. The third kappa shape index (κ3) is 4.73. The van der Waals surface area contributed by atoms with Crippen LogP contribution in [0.25, 0.3) is 0 Å². The molecule has 0 saturated carbocycles. The Morgan fingerprint density at radius 2 is 1.84 bits per heavy atom. The molecule has 0 N–H and O–H groups in total. The molecule has 0 aromatic heterocycles. The molecule has 0 heterocycles. The van der Waals surface area contributed by atoms with Crippen LogP contribution in [0.5, 0.6) is 5.75 Å². The highest BCUT2D eigenvalue weighted by Gasteiger charge is 2.27. The largest absolute Gasteiger partial charge is 0.497 e. The maximum atomic E-state index is 13.0. The molecule has 0 atom stereocenters. The zero-order valence-corrected chi connectivity index (χ0v) is 16.2. The first-order valence-electron chi connectivity index (χ1n) is 7.46. The summed E-state index contributed by atoms with van der Waals surface area (Å²) >= 11 is 3.32. The van der Waals surface area contributed by atoms with Crippen molar-refractivity contribution in [2.75, 3.05) is 24.6 Å². The van der Waals surface area contributed by atoms with Crippen LogP contribution in [0.4, 0.5) is 5.69 Å². The molecule has 0 aliphatic carbocycles. The zero-order chi connectivity index (χ0) is 18.4. The van der Waals surface area contributed by atoms with Crippen LogP contribution in [-0.2, 0) is 19.6 Å². The second-order valence-corrected chi connectivity index (χ2v) is 7.75. The Bertz CT molecular complexity index is 836. The number of sulfonamides is 1. The number of esters is 1. The monoisotopic (exact) mass is 427 g/mol. The van der Waals surface area contributed by atoms with Gasteiger partial charge in [-0.2, -0.15) is 0 Å². The number of halogens is 1. The maximum absolute atomic E-state index is 13.0. The molecular weight excluding hydrogens is 410 g/mol. The SMILES string of the molecule is CCOC(=O)CN(c1cccc(Br)c1)S(=O)(=O)c1ccc(OC)cc1. The average Bonchev–Trinajstić information content (AvgIpc) is 2.60. The number of anilines is 1. The Morgan fingerprint density at radius 3 is 2.40 bits per heavy atom.